The third kappa shape index (κ3) is 3.23. The summed E-state index contributed by atoms with van der Waals surface area (Å²) in [7, 11) is 2.21. The van der Waals surface area contributed by atoms with Gasteiger partial charge in [0.2, 0.25) is 0 Å². The zero-order chi connectivity index (χ0) is 17.5. The lowest BCUT2D eigenvalue weighted by molar-refractivity contribution is 0.395. The molecule has 2 aromatic rings. The molecule has 0 spiro atoms. The summed E-state index contributed by atoms with van der Waals surface area (Å²) in [5, 5.41) is 0. The first-order chi connectivity index (χ1) is 11.3. The minimum atomic E-state index is 0.203. The standard InChI is InChI=1S/C21H25IN2/c1-14-10-20-17(15(2)12-21(3,4)24(20)5)11-16(14)13-23-19-9-7-6-8-18(19)22/h6-11,13,15H,12H2,1-5H3. The van der Waals surface area contributed by atoms with Gasteiger partial charge in [-0.15, -0.1) is 0 Å². The second-order valence-electron chi connectivity index (χ2n) is 7.45. The van der Waals surface area contributed by atoms with Crippen molar-refractivity contribution in [3.63, 3.8) is 0 Å². The number of rotatable bonds is 2. The Morgan fingerprint density at radius 3 is 2.67 bits per heavy atom. The zero-order valence-electron chi connectivity index (χ0n) is 15.1. The zero-order valence-corrected chi connectivity index (χ0v) is 17.3. The molecular formula is C21H25IN2. The fraction of sp³-hybridized carbons (Fsp3) is 0.381. The lowest BCUT2D eigenvalue weighted by Crippen LogP contribution is -2.45. The predicted octanol–water partition coefficient (Wildman–Crippen LogP) is 6.07. The van der Waals surface area contributed by atoms with Crippen LogP contribution in [0.5, 0.6) is 0 Å². The minimum absolute atomic E-state index is 0.203. The fourth-order valence-electron chi connectivity index (χ4n) is 3.57. The quantitative estimate of drug-likeness (QED) is 0.415. The van der Waals surface area contributed by atoms with Crippen LogP contribution < -0.4 is 4.90 Å². The van der Waals surface area contributed by atoms with E-state index in [9.17, 15) is 0 Å². The summed E-state index contributed by atoms with van der Waals surface area (Å²) in [4.78, 5) is 7.14. The molecule has 1 heterocycles. The SMILES string of the molecule is Cc1cc2c(cc1C=Nc1ccccc1I)C(C)CC(C)(C)N2C. The van der Waals surface area contributed by atoms with Crippen LogP contribution in [-0.2, 0) is 0 Å². The summed E-state index contributed by atoms with van der Waals surface area (Å²) in [5.74, 6) is 0.566. The van der Waals surface area contributed by atoms with E-state index >= 15 is 0 Å². The highest BCUT2D eigenvalue weighted by Gasteiger charge is 2.34. The molecule has 3 rings (SSSR count). The van der Waals surface area contributed by atoms with Crippen molar-refractivity contribution in [1.82, 2.24) is 0 Å². The van der Waals surface area contributed by atoms with Gasteiger partial charge in [0, 0.05) is 28.1 Å². The maximum atomic E-state index is 4.71. The van der Waals surface area contributed by atoms with Gasteiger partial charge in [0.25, 0.3) is 0 Å². The van der Waals surface area contributed by atoms with Gasteiger partial charge in [-0.3, -0.25) is 4.99 Å². The molecule has 0 saturated carbocycles. The average Bonchev–Trinajstić information content (AvgIpc) is 2.52. The van der Waals surface area contributed by atoms with Crippen molar-refractivity contribution in [1.29, 1.82) is 0 Å². The second-order valence-corrected chi connectivity index (χ2v) is 8.62. The van der Waals surface area contributed by atoms with Gasteiger partial charge in [-0.1, -0.05) is 19.1 Å². The highest BCUT2D eigenvalue weighted by atomic mass is 127. The summed E-state index contributed by atoms with van der Waals surface area (Å²) in [5.41, 5.74) is 6.53. The Labute approximate surface area is 159 Å². The van der Waals surface area contributed by atoms with E-state index in [-0.39, 0.29) is 5.54 Å². The van der Waals surface area contributed by atoms with Crippen LogP contribution in [0.2, 0.25) is 0 Å². The van der Waals surface area contributed by atoms with E-state index in [1.54, 1.807) is 0 Å². The van der Waals surface area contributed by atoms with Crippen LogP contribution in [0, 0.1) is 10.5 Å². The van der Waals surface area contributed by atoms with Crippen LogP contribution in [0.4, 0.5) is 11.4 Å². The minimum Gasteiger partial charge on any atom is -0.369 e. The molecule has 0 saturated heterocycles. The van der Waals surface area contributed by atoms with E-state index in [0.29, 0.717) is 5.92 Å². The van der Waals surface area contributed by atoms with E-state index in [4.69, 9.17) is 4.99 Å². The van der Waals surface area contributed by atoms with Gasteiger partial charge in [0.15, 0.2) is 0 Å². The van der Waals surface area contributed by atoms with Crippen molar-refractivity contribution < 1.29 is 0 Å². The highest BCUT2D eigenvalue weighted by molar-refractivity contribution is 14.1. The summed E-state index contributed by atoms with van der Waals surface area (Å²) < 4.78 is 1.18. The number of nitrogens with zero attached hydrogens (tertiary/aromatic N) is 2. The van der Waals surface area contributed by atoms with E-state index in [0.717, 1.165) is 5.69 Å². The number of anilines is 1. The normalized spacial score (nSPS) is 19.6. The van der Waals surface area contributed by atoms with Crippen LogP contribution in [0.25, 0.3) is 0 Å². The van der Waals surface area contributed by atoms with E-state index in [2.05, 4.69) is 86.5 Å². The van der Waals surface area contributed by atoms with Gasteiger partial charge in [-0.05, 0) is 96.7 Å². The van der Waals surface area contributed by atoms with Crippen molar-refractivity contribution in [2.45, 2.75) is 45.6 Å². The molecule has 0 N–H and O–H groups in total. The smallest absolute Gasteiger partial charge is 0.0763 e. The van der Waals surface area contributed by atoms with Gasteiger partial charge >= 0.3 is 0 Å². The lowest BCUT2D eigenvalue weighted by Gasteiger charge is -2.45. The number of aliphatic imine (C=N–C) groups is 1. The third-order valence-corrected chi connectivity index (χ3v) is 6.13. The predicted molar refractivity (Wildman–Crippen MR) is 113 cm³/mol. The summed E-state index contributed by atoms with van der Waals surface area (Å²) in [6.45, 7) is 9.17. The molecule has 0 aromatic heterocycles. The number of para-hydroxylation sites is 1. The molecule has 0 fully saturated rings. The largest absolute Gasteiger partial charge is 0.369 e. The molecule has 0 amide bonds. The van der Waals surface area contributed by atoms with E-state index < -0.39 is 0 Å². The van der Waals surface area contributed by atoms with Crippen molar-refractivity contribution >= 4 is 40.2 Å². The van der Waals surface area contributed by atoms with E-state index in [1.807, 2.05) is 18.3 Å². The Morgan fingerprint density at radius 1 is 1.25 bits per heavy atom. The van der Waals surface area contributed by atoms with Gasteiger partial charge in [-0.25, -0.2) is 0 Å². The van der Waals surface area contributed by atoms with Gasteiger partial charge in [0.05, 0.1) is 5.69 Å². The second kappa shape index (κ2) is 6.51. The molecule has 3 heteroatoms. The molecule has 126 valence electrons. The Kier molecular flexibility index (Phi) is 4.73. The van der Waals surface area contributed by atoms with Gasteiger partial charge in [-0.2, -0.15) is 0 Å². The number of hydrogen-bond acceptors (Lipinski definition) is 2. The molecule has 24 heavy (non-hydrogen) atoms. The van der Waals surface area contributed by atoms with Crippen molar-refractivity contribution in [3.05, 3.63) is 56.7 Å². The Morgan fingerprint density at radius 2 is 1.96 bits per heavy atom. The number of benzene rings is 2. The molecule has 2 aromatic carbocycles. The summed E-state index contributed by atoms with van der Waals surface area (Å²) >= 11 is 2.34. The summed E-state index contributed by atoms with van der Waals surface area (Å²) in [6, 6.07) is 12.9. The topological polar surface area (TPSA) is 15.6 Å². The molecular weight excluding hydrogens is 407 g/mol. The monoisotopic (exact) mass is 432 g/mol. The maximum Gasteiger partial charge on any atom is 0.0763 e. The molecule has 1 unspecified atom stereocenters. The fourth-order valence-corrected chi connectivity index (χ4v) is 4.10. The van der Waals surface area contributed by atoms with Gasteiger partial charge < -0.3 is 4.90 Å². The average molecular weight is 432 g/mol. The van der Waals surface area contributed by atoms with Crippen LogP contribution in [0.15, 0.2) is 41.4 Å². The van der Waals surface area contributed by atoms with Crippen LogP contribution in [0.3, 0.4) is 0 Å². The van der Waals surface area contributed by atoms with Crippen molar-refractivity contribution in [2.75, 3.05) is 11.9 Å². The maximum absolute atomic E-state index is 4.71. The van der Waals surface area contributed by atoms with Crippen molar-refractivity contribution in [2.24, 2.45) is 4.99 Å². The van der Waals surface area contributed by atoms with Crippen LogP contribution in [-0.4, -0.2) is 18.8 Å². The molecule has 1 aliphatic rings. The Balaban J connectivity index is 2.01. The van der Waals surface area contributed by atoms with Crippen LogP contribution >= 0.6 is 22.6 Å². The Hall–Kier alpha value is -1.36. The Bertz CT molecular complexity index is 792. The van der Waals surface area contributed by atoms with Crippen LogP contribution in [0.1, 0.15) is 49.8 Å². The third-order valence-electron chi connectivity index (χ3n) is 5.22. The highest BCUT2D eigenvalue weighted by Crippen LogP contribution is 2.43. The first-order valence-corrected chi connectivity index (χ1v) is 9.54. The summed E-state index contributed by atoms with van der Waals surface area (Å²) in [6.07, 6.45) is 3.19. The molecule has 1 aliphatic heterocycles. The molecule has 0 radical (unpaired) electrons. The lowest BCUT2D eigenvalue weighted by atomic mass is 9.79. The number of halogens is 1. The van der Waals surface area contributed by atoms with E-state index in [1.165, 1.54) is 32.4 Å². The number of fused-ring (bicyclic) bond motifs is 1. The molecule has 2 nitrogen and oxygen atoms in total. The van der Waals surface area contributed by atoms with Crippen molar-refractivity contribution in [3.8, 4) is 0 Å². The molecule has 0 bridgehead atoms. The number of aryl methyl sites for hydroxylation is 1. The first-order valence-electron chi connectivity index (χ1n) is 8.46. The first kappa shape index (κ1) is 17.5. The van der Waals surface area contributed by atoms with Gasteiger partial charge in [0.1, 0.15) is 0 Å². The molecule has 0 aliphatic carbocycles. The molecule has 1 atom stereocenters. The number of hydrogen-bond donors (Lipinski definition) is 0.